The fraction of sp³-hybridized carbons (Fsp3) is 0.333. The van der Waals surface area contributed by atoms with Crippen molar-refractivity contribution in [1.29, 1.82) is 0 Å². The molecule has 1 heterocycles. The molecule has 1 aromatic heterocycles. The SMILES string of the molecule is CS(=O)(=O)N(CCCN)Cc1cccc(-c2ccnc(CCCc3ccccc3Cl)n2)c1. The van der Waals surface area contributed by atoms with E-state index in [2.05, 4.69) is 4.98 Å². The number of rotatable bonds is 11. The van der Waals surface area contributed by atoms with Crippen LogP contribution in [0.1, 0.15) is 29.8 Å². The first-order valence-corrected chi connectivity index (χ1v) is 12.9. The van der Waals surface area contributed by atoms with Crippen molar-refractivity contribution >= 4 is 21.6 Å². The Bertz CT molecular complexity index is 1140. The fourth-order valence-corrected chi connectivity index (χ4v) is 4.56. The van der Waals surface area contributed by atoms with E-state index in [1.54, 1.807) is 6.20 Å². The predicted octanol–water partition coefficient (Wildman–Crippen LogP) is 4.08. The Morgan fingerprint density at radius 1 is 1.03 bits per heavy atom. The zero-order valence-electron chi connectivity index (χ0n) is 18.2. The first-order valence-electron chi connectivity index (χ1n) is 10.7. The Morgan fingerprint density at radius 2 is 1.84 bits per heavy atom. The average molecular weight is 473 g/mol. The van der Waals surface area contributed by atoms with Crippen molar-refractivity contribution in [2.24, 2.45) is 5.73 Å². The Morgan fingerprint density at radius 3 is 2.59 bits per heavy atom. The van der Waals surface area contributed by atoms with E-state index in [0.29, 0.717) is 26.1 Å². The molecule has 0 saturated carbocycles. The van der Waals surface area contributed by atoms with Gasteiger partial charge in [0.2, 0.25) is 10.0 Å². The van der Waals surface area contributed by atoms with Gasteiger partial charge in [-0.1, -0.05) is 48.0 Å². The number of aryl methyl sites for hydroxylation is 2. The normalized spacial score (nSPS) is 11.8. The maximum atomic E-state index is 12.1. The zero-order chi connectivity index (χ0) is 23.0. The topological polar surface area (TPSA) is 89.2 Å². The molecule has 0 unspecified atom stereocenters. The summed E-state index contributed by atoms with van der Waals surface area (Å²) in [4.78, 5) is 9.13. The molecule has 8 heteroatoms. The lowest BCUT2D eigenvalue weighted by molar-refractivity contribution is 0.405. The molecule has 0 bridgehead atoms. The molecule has 32 heavy (non-hydrogen) atoms. The summed E-state index contributed by atoms with van der Waals surface area (Å²) in [6, 6.07) is 17.6. The average Bonchev–Trinajstić information content (AvgIpc) is 2.77. The summed E-state index contributed by atoms with van der Waals surface area (Å²) in [5.41, 5.74) is 9.35. The Labute approximate surface area is 195 Å². The van der Waals surface area contributed by atoms with E-state index in [9.17, 15) is 8.42 Å². The fourth-order valence-electron chi connectivity index (χ4n) is 3.48. The van der Waals surface area contributed by atoms with E-state index >= 15 is 0 Å². The molecule has 0 spiro atoms. The molecule has 6 nitrogen and oxygen atoms in total. The van der Waals surface area contributed by atoms with Crippen LogP contribution in [-0.2, 0) is 29.4 Å². The van der Waals surface area contributed by atoms with Crippen molar-refractivity contribution in [2.75, 3.05) is 19.3 Å². The molecular formula is C24H29ClN4O2S. The van der Waals surface area contributed by atoms with Crippen molar-refractivity contribution in [1.82, 2.24) is 14.3 Å². The van der Waals surface area contributed by atoms with E-state index < -0.39 is 10.0 Å². The molecular weight excluding hydrogens is 444 g/mol. The lowest BCUT2D eigenvalue weighted by Crippen LogP contribution is -2.31. The molecule has 3 aromatic rings. The third kappa shape index (κ3) is 7.10. The number of nitrogens with two attached hydrogens (primary N) is 1. The lowest BCUT2D eigenvalue weighted by atomic mass is 10.1. The van der Waals surface area contributed by atoms with Crippen LogP contribution in [0.15, 0.2) is 60.8 Å². The number of benzene rings is 2. The first kappa shape index (κ1) is 24.3. The summed E-state index contributed by atoms with van der Waals surface area (Å²) in [7, 11) is -3.31. The van der Waals surface area contributed by atoms with Crippen LogP contribution < -0.4 is 5.73 Å². The van der Waals surface area contributed by atoms with E-state index in [-0.39, 0.29) is 0 Å². The molecule has 0 atom stereocenters. The van der Waals surface area contributed by atoms with Crippen LogP contribution in [0, 0.1) is 0 Å². The first-order chi connectivity index (χ1) is 15.4. The van der Waals surface area contributed by atoms with Gasteiger partial charge < -0.3 is 5.73 Å². The van der Waals surface area contributed by atoms with Crippen LogP contribution in [0.2, 0.25) is 5.02 Å². The smallest absolute Gasteiger partial charge is 0.211 e. The number of sulfonamides is 1. The Kier molecular flexibility index (Phi) is 8.75. The van der Waals surface area contributed by atoms with Gasteiger partial charge in [-0.2, -0.15) is 4.31 Å². The van der Waals surface area contributed by atoms with Crippen LogP contribution in [0.3, 0.4) is 0 Å². The van der Waals surface area contributed by atoms with Crippen LogP contribution in [0.5, 0.6) is 0 Å². The largest absolute Gasteiger partial charge is 0.330 e. The highest BCUT2D eigenvalue weighted by molar-refractivity contribution is 7.88. The van der Waals surface area contributed by atoms with E-state index in [4.69, 9.17) is 22.3 Å². The third-order valence-corrected chi connectivity index (χ3v) is 6.79. The summed E-state index contributed by atoms with van der Waals surface area (Å²) in [6.45, 7) is 1.16. The third-order valence-electron chi connectivity index (χ3n) is 5.17. The summed E-state index contributed by atoms with van der Waals surface area (Å²) in [5.74, 6) is 0.778. The van der Waals surface area contributed by atoms with Crippen molar-refractivity contribution in [2.45, 2.75) is 32.2 Å². The standard InChI is InChI=1S/C24H29ClN4O2S/c1-32(30,31)29(16-6-14-26)18-19-7-4-10-21(17-19)23-13-15-27-24(28-23)12-5-9-20-8-2-3-11-22(20)25/h2-4,7-8,10-11,13,15,17H,5-6,9,12,14,16,18,26H2,1H3. The van der Waals surface area contributed by atoms with Gasteiger partial charge in [0, 0.05) is 36.3 Å². The molecule has 0 aliphatic carbocycles. The van der Waals surface area contributed by atoms with Gasteiger partial charge in [0.15, 0.2) is 0 Å². The van der Waals surface area contributed by atoms with E-state index in [1.165, 1.54) is 10.6 Å². The Hall–Kier alpha value is -2.32. The molecule has 3 rings (SSSR count). The Balaban J connectivity index is 1.70. The van der Waals surface area contributed by atoms with Gasteiger partial charge in [-0.25, -0.2) is 18.4 Å². The van der Waals surface area contributed by atoms with E-state index in [0.717, 1.165) is 52.5 Å². The number of hydrogen-bond donors (Lipinski definition) is 1. The lowest BCUT2D eigenvalue weighted by Gasteiger charge is -2.20. The van der Waals surface area contributed by atoms with E-state index in [1.807, 2.05) is 54.6 Å². The molecule has 0 saturated heterocycles. The summed E-state index contributed by atoms with van der Waals surface area (Å²) in [5, 5.41) is 0.786. The second-order valence-electron chi connectivity index (χ2n) is 7.74. The van der Waals surface area contributed by atoms with Crippen molar-refractivity contribution in [3.05, 3.63) is 82.8 Å². The van der Waals surface area contributed by atoms with Gasteiger partial charge in [0.25, 0.3) is 0 Å². The monoisotopic (exact) mass is 472 g/mol. The second kappa shape index (κ2) is 11.5. The molecule has 0 fully saturated rings. The molecule has 2 N–H and O–H groups in total. The van der Waals surface area contributed by atoms with Gasteiger partial charge in [-0.15, -0.1) is 0 Å². The molecule has 0 aliphatic heterocycles. The van der Waals surface area contributed by atoms with Gasteiger partial charge in [-0.3, -0.25) is 0 Å². The van der Waals surface area contributed by atoms with Gasteiger partial charge in [0.1, 0.15) is 5.82 Å². The van der Waals surface area contributed by atoms with Crippen LogP contribution in [-0.4, -0.2) is 42.0 Å². The number of nitrogens with zero attached hydrogens (tertiary/aromatic N) is 3. The van der Waals surface area contributed by atoms with Crippen LogP contribution in [0.25, 0.3) is 11.3 Å². The quantitative estimate of drug-likeness (QED) is 0.454. The highest BCUT2D eigenvalue weighted by atomic mass is 35.5. The minimum Gasteiger partial charge on any atom is -0.330 e. The number of hydrogen-bond acceptors (Lipinski definition) is 5. The minimum absolute atomic E-state index is 0.308. The molecule has 170 valence electrons. The van der Waals surface area contributed by atoms with Crippen LogP contribution >= 0.6 is 11.6 Å². The molecule has 2 aromatic carbocycles. The predicted molar refractivity (Wildman–Crippen MR) is 130 cm³/mol. The maximum Gasteiger partial charge on any atom is 0.211 e. The number of aromatic nitrogens is 2. The summed E-state index contributed by atoms with van der Waals surface area (Å²) in [6.07, 6.45) is 6.14. The van der Waals surface area contributed by atoms with Crippen molar-refractivity contribution < 1.29 is 8.42 Å². The van der Waals surface area contributed by atoms with Crippen LogP contribution in [0.4, 0.5) is 0 Å². The highest BCUT2D eigenvalue weighted by Crippen LogP contribution is 2.21. The van der Waals surface area contributed by atoms with Crippen molar-refractivity contribution in [3.63, 3.8) is 0 Å². The van der Waals surface area contributed by atoms with Crippen molar-refractivity contribution in [3.8, 4) is 11.3 Å². The summed E-state index contributed by atoms with van der Waals surface area (Å²) >= 11 is 6.24. The zero-order valence-corrected chi connectivity index (χ0v) is 19.8. The molecule has 0 aliphatic rings. The number of halogens is 1. The highest BCUT2D eigenvalue weighted by Gasteiger charge is 2.16. The summed E-state index contributed by atoms with van der Waals surface area (Å²) < 4.78 is 25.7. The van der Waals surface area contributed by atoms with Gasteiger partial charge in [0.05, 0.1) is 11.9 Å². The molecule has 0 radical (unpaired) electrons. The second-order valence-corrected chi connectivity index (χ2v) is 10.1. The van der Waals surface area contributed by atoms with Gasteiger partial charge in [-0.05, 0) is 55.1 Å². The van der Waals surface area contributed by atoms with Gasteiger partial charge >= 0.3 is 0 Å². The minimum atomic E-state index is -3.31. The maximum absolute atomic E-state index is 12.1. The molecule has 0 amide bonds.